The summed E-state index contributed by atoms with van der Waals surface area (Å²) in [5, 5.41) is 6.81. The van der Waals surface area contributed by atoms with Crippen LogP contribution in [0.4, 0.5) is 30.5 Å². The molecule has 0 saturated carbocycles. The molecule has 196 valence electrons. The minimum Gasteiger partial charge on any atom is -0.323 e. The maximum Gasteiger partial charge on any atom is 0.416 e. The van der Waals surface area contributed by atoms with Crippen LogP contribution < -0.4 is 10.6 Å². The topological polar surface area (TPSA) is 79.8 Å². The summed E-state index contributed by atoms with van der Waals surface area (Å²) in [6, 6.07) is 17.4. The number of aryl methyl sites for hydroxylation is 3. The van der Waals surface area contributed by atoms with Crippen LogP contribution in [0.15, 0.2) is 79.1 Å². The molecule has 0 fully saturated rings. The lowest BCUT2D eigenvalue weighted by Gasteiger charge is -2.13. The van der Waals surface area contributed by atoms with Crippen molar-refractivity contribution in [3.63, 3.8) is 0 Å². The van der Waals surface area contributed by atoms with Crippen molar-refractivity contribution in [3.05, 3.63) is 107 Å². The molecule has 0 atom stereocenters. The first-order valence-corrected chi connectivity index (χ1v) is 12.1. The molecule has 0 spiro atoms. The minimum atomic E-state index is -4.46. The number of hydrogen-bond donors (Lipinski definition) is 2. The van der Waals surface area contributed by atoms with E-state index in [1.54, 1.807) is 18.5 Å². The predicted molar refractivity (Wildman–Crippen MR) is 146 cm³/mol. The molecule has 1 amide bonds. The maximum absolute atomic E-state index is 12.8. The fourth-order valence-electron chi connectivity index (χ4n) is 4.23. The average molecular weight is 528 g/mol. The smallest absolute Gasteiger partial charge is 0.323 e. The number of carbonyl (C=O) groups is 1. The Kier molecular flexibility index (Phi) is 6.74. The average Bonchev–Trinajstić information content (AvgIpc) is 2.91. The van der Waals surface area contributed by atoms with Gasteiger partial charge in [-0.3, -0.25) is 9.78 Å². The quantitative estimate of drug-likeness (QED) is 0.246. The van der Waals surface area contributed by atoms with Gasteiger partial charge >= 0.3 is 6.18 Å². The Bertz CT molecular complexity index is 1680. The second kappa shape index (κ2) is 10.2. The Balaban J connectivity index is 1.40. The van der Waals surface area contributed by atoms with Gasteiger partial charge in [0.2, 0.25) is 5.95 Å². The van der Waals surface area contributed by atoms with Gasteiger partial charge in [0, 0.05) is 28.5 Å². The number of rotatable bonds is 5. The normalized spacial score (nSPS) is 11.4. The number of nitrogens with zero attached hydrogens (tertiary/aromatic N) is 3. The lowest BCUT2D eigenvalue weighted by molar-refractivity contribution is -0.137. The Hall–Kier alpha value is -4.79. The van der Waals surface area contributed by atoms with E-state index in [2.05, 4.69) is 25.6 Å². The van der Waals surface area contributed by atoms with E-state index >= 15 is 0 Å². The number of amides is 1. The molecular formula is C30H24F3N5O. The Morgan fingerprint density at radius 3 is 2.23 bits per heavy atom. The number of pyridine rings is 1. The molecular weight excluding hydrogens is 503 g/mol. The van der Waals surface area contributed by atoms with Gasteiger partial charge in [-0.05, 0) is 104 Å². The first kappa shape index (κ1) is 25.8. The van der Waals surface area contributed by atoms with Crippen LogP contribution in [-0.4, -0.2) is 20.9 Å². The maximum atomic E-state index is 12.8. The van der Waals surface area contributed by atoms with Crippen LogP contribution in [0.5, 0.6) is 0 Å². The highest BCUT2D eigenvalue weighted by molar-refractivity contribution is 6.04. The van der Waals surface area contributed by atoms with Crippen molar-refractivity contribution >= 4 is 34.1 Å². The number of aromatic nitrogens is 3. The highest BCUT2D eigenvalue weighted by Crippen LogP contribution is 2.32. The summed E-state index contributed by atoms with van der Waals surface area (Å²) in [7, 11) is 0. The molecule has 39 heavy (non-hydrogen) atoms. The molecule has 2 heterocycles. The molecule has 0 saturated heterocycles. The Labute approximate surface area is 223 Å². The lowest BCUT2D eigenvalue weighted by atomic mass is 9.96. The monoisotopic (exact) mass is 527 g/mol. The summed E-state index contributed by atoms with van der Waals surface area (Å²) in [4.78, 5) is 26.1. The fourth-order valence-corrected chi connectivity index (χ4v) is 4.23. The van der Waals surface area contributed by atoms with Gasteiger partial charge in [-0.2, -0.15) is 13.2 Å². The van der Waals surface area contributed by atoms with Crippen molar-refractivity contribution in [2.24, 2.45) is 0 Å². The summed E-state index contributed by atoms with van der Waals surface area (Å²) in [6.45, 7) is 5.86. The van der Waals surface area contributed by atoms with Gasteiger partial charge in [0.05, 0.1) is 23.0 Å². The Morgan fingerprint density at radius 2 is 1.54 bits per heavy atom. The lowest BCUT2D eigenvalue weighted by Crippen LogP contribution is -2.13. The van der Waals surface area contributed by atoms with Crippen LogP contribution >= 0.6 is 0 Å². The second-order valence-electron chi connectivity index (χ2n) is 9.30. The first-order chi connectivity index (χ1) is 18.6. The fraction of sp³-hybridized carbons (Fsp3) is 0.133. The van der Waals surface area contributed by atoms with E-state index in [-0.39, 0.29) is 5.56 Å². The number of carbonyl (C=O) groups excluding carboxylic acids is 1. The molecule has 0 unspecified atom stereocenters. The first-order valence-electron chi connectivity index (χ1n) is 12.1. The minimum absolute atomic E-state index is 0.134. The van der Waals surface area contributed by atoms with E-state index in [4.69, 9.17) is 0 Å². The van der Waals surface area contributed by atoms with Crippen molar-refractivity contribution in [1.29, 1.82) is 0 Å². The van der Waals surface area contributed by atoms with Gasteiger partial charge in [0.1, 0.15) is 0 Å². The molecule has 0 aliphatic rings. The van der Waals surface area contributed by atoms with Crippen molar-refractivity contribution < 1.29 is 18.0 Å². The van der Waals surface area contributed by atoms with Crippen LogP contribution in [-0.2, 0) is 6.18 Å². The standard InChI is InChI=1S/C30H24F3N5O/c1-17-4-10-24(36-28(39)20-6-8-23(9-7-20)30(31,32)33)14-26(17)21-12-18(2)27-22(13-21)15-35-29(38-27)37-25-11-5-19(3)34-16-25/h4-16H,1-3H3,(H,36,39)(H,35,37,38). The summed E-state index contributed by atoms with van der Waals surface area (Å²) in [5.74, 6) is -0.0291. The van der Waals surface area contributed by atoms with Crippen LogP contribution in [0.3, 0.4) is 0 Å². The van der Waals surface area contributed by atoms with Crippen molar-refractivity contribution in [2.75, 3.05) is 10.6 Å². The molecule has 0 aliphatic heterocycles. The predicted octanol–water partition coefficient (Wildman–Crippen LogP) is 7.63. The van der Waals surface area contributed by atoms with E-state index in [0.29, 0.717) is 11.6 Å². The highest BCUT2D eigenvalue weighted by Gasteiger charge is 2.30. The van der Waals surface area contributed by atoms with Crippen LogP contribution in [0.25, 0.3) is 22.0 Å². The molecule has 5 aromatic rings. The number of halogens is 3. The van der Waals surface area contributed by atoms with E-state index in [0.717, 1.165) is 56.7 Å². The summed E-state index contributed by atoms with van der Waals surface area (Å²) >= 11 is 0. The zero-order chi connectivity index (χ0) is 27.7. The van der Waals surface area contributed by atoms with Crippen LogP contribution in [0.1, 0.15) is 32.7 Å². The molecule has 0 bridgehead atoms. The number of anilines is 3. The molecule has 3 aromatic carbocycles. The number of nitrogens with one attached hydrogen (secondary N) is 2. The van der Waals surface area contributed by atoms with Crippen molar-refractivity contribution in [3.8, 4) is 11.1 Å². The molecule has 5 rings (SSSR count). The Morgan fingerprint density at radius 1 is 0.795 bits per heavy atom. The molecule has 9 heteroatoms. The third kappa shape index (κ3) is 5.72. The van der Waals surface area contributed by atoms with Crippen LogP contribution in [0.2, 0.25) is 0 Å². The van der Waals surface area contributed by atoms with E-state index in [1.165, 1.54) is 12.1 Å². The summed E-state index contributed by atoms with van der Waals surface area (Å²) in [5.41, 5.74) is 6.15. The van der Waals surface area contributed by atoms with Gasteiger partial charge in [-0.25, -0.2) is 9.97 Å². The van der Waals surface area contributed by atoms with Gasteiger partial charge in [-0.1, -0.05) is 6.07 Å². The molecule has 6 nitrogen and oxygen atoms in total. The highest BCUT2D eigenvalue weighted by atomic mass is 19.4. The third-order valence-corrected chi connectivity index (χ3v) is 6.32. The van der Waals surface area contributed by atoms with E-state index in [1.807, 2.05) is 57.2 Å². The molecule has 0 radical (unpaired) electrons. The van der Waals surface area contributed by atoms with Crippen molar-refractivity contribution in [2.45, 2.75) is 26.9 Å². The number of hydrogen-bond acceptors (Lipinski definition) is 5. The molecule has 0 aliphatic carbocycles. The number of benzene rings is 3. The third-order valence-electron chi connectivity index (χ3n) is 6.32. The van der Waals surface area contributed by atoms with Crippen LogP contribution in [0, 0.1) is 20.8 Å². The SMILES string of the molecule is Cc1ccc(Nc2ncc3cc(-c4cc(NC(=O)c5ccc(C(F)(F)F)cc5)ccc4C)cc(C)c3n2)cn1. The van der Waals surface area contributed by atoms with E-state index in [9.17, 15) is 18.0 Å². The van der Waals surface area contributed by atoms with Gasteiger partial charge in [0.25, 0.3) is 5.91 Å². The van der Waals surface area contributed by atoms with Gasteiger partial charge in [-0.15, -0.1) is 0 Å². The largest absolute Gasteiger partial charge is 0.416 e. The van der Waals surface area contributed by atoms with Gasteiger partial charge < -0.3 is 10.6 Å². The molecule has 2 aromatic heterocycles. The second-order valence-corrected chi connectivity index (χ2v) is 9.30. The summed E-state index contributed by atoms with van der Waals surface area (Å²) < 4.78 is 38.5. The molecule has 2 N–H and O–H groups in total. The van der Waals surface area contributed by atoms with Gasteiger partial charge in [0.15, 0.2) is 0 Å². The zero-order valence-corrected chi connectivity index (χ0v) is 21.4. The number of alkyl halides is 3. The number of fused-ring (bicyclic) bond motifs is 1. The summed E-state index contributed by atoms with van der Waals surface area (Å²) in [6.07, 6.45) is -0.972. The van der Waals surface area contributed by atoms with Crippen molar-refractivity contribution in [1.82, 2.24) is 15.0 Å². The van der Waals surface area contributed by atoms with E-state index < -0.39 is 17.6 Å². The zero-order valence-electron chi connectivity index (χ0n) is 21.4.